The van der Waals surface area contributed by atoms with Gasteiger partial charge < -0.3 is 10.3 Å². The lowest BCUT2D eigenvalue weighted by Gasteiger charge is -2.25. The number of rotatable bonds is 2. The average molecular weight is 232 g/mol. The highest BCUT2D eigenvalue weighted by Crippen LogP contribution is 2.39. The van der Waals surface area contributed by atoms with E-state index in [0.29, 0.717) is 17.6 Å². The molecule has 0 aromatic carbocycles. The molecule has 0 unspecified atom stereocenters. The van der Waals surface area contributed by atoms with E-state index in [1.807, 2.05) is 10.6 Å². The van der Waals surface area contributed by atoms with Crippen LogP contribution in [0.4, 0.5) is 5.69 Å². The Morgan fingerprint density at radius 3 is 2.41 bits per heavy atom. The van der Waals surface area contributed by atoms with Crippen LogP contribution in [0.3, 0.4) is 0 Å². The second kappa shape index (κ2) is 4.21. The number of hydrogen-bond donors (Lipinski definition) is 1. The predicted octanol–water partition coefficient (Wildman–Crippen LogP) is 2.81. The largest absolute Gasteiger partial charge is 0.399 e. The molecule has 1 heterocycles. The van der Waals surface area contributed by atoms with Crippen LogP contribution < -0.4 is 11.3 Å². The number of aromatic nitrogens is 1. The van der Waals surface area contributed by atoms with E-state index in [2.05, 4.69) is 0 Å². The summed E-state index contributed by atoms with van der Waals surface area (Å²) in [6.45, 7) is 0. The van der Waals surface area contributed by atoms with Gasteiger partial charge in [-0.05, 0) is 37.7 Å². The average Bonchev–Trinajstić information content (AvgIpc) is 3.13. The number of anilines is 1. The number of pyridine rings is 1. The molecule has 0 amide bonds. The monoisotopic (exact) mass is 232 g/mol. The first kappa shape index (κ1) is 10.9. The van der Waals surface area contributed by atoms with E-state index in [1.54, 1.807) is 6.07 Å². The Bertz CT molecular complexity index is 468. The maximum Gasteiger partial charge on any atom is 0.253 e. The lowest BCUT2D eigenvalue weighted by molar-refractivity contribution is 0.419. The van der Waals surface area contributed by atoms with E-state index in [4.69, 9.17) is 5.73 Å². The Kier molecular flexibility index (Phi) is 2.69. The van der Waals surface area contributed by atoms with E-state index in [-0.39, 0.29) is 5.56 Å². The van der Waals surface area contributed by atoms with Gasteiger partial charge in [0.15, 0.2) is 0 Å². The Morgan fingerprint density at radius 2 is 1.76 bits per heavy atom. The van der Waals surface area contributed by atoms with Crippen LogP contribution in [0.2, 0.25) is 0 Å². The fraction of sp³-hybridized carbons (Fsp3) is 0.643. The van der Waals surface area contributed by atoms with Gasteiger partial charge in [0.2, 0.25) is 0 Å². The summed E-state index contributed by atoms with van der Waals surface area (Å²) in [7, 11) is 0. The van der Waals surface area contributed by atoms with Crippen molar-refractivity contribution in [3.63, 3.8) is 0 Å². The zero-order valence-corrected chi connectivity index (χ0v) is 10.2. The van der Waals surface area contributed by atoms with Gasteiger partial charge in [-0.1, -0.05) is 19.3 Å². The number of nitrogen functional groups attached to an aromatic ring is 1. The second-order valence-corrected chi connectivity index (χ2v) is 5.49. The molecule has 1 aromatic heterocycles. The summed E-state index contributed by atoms with van der Waals surface area (Å²) >= 11 is 0. The molecule has 2 aliphatic carbocycles. The van der Waals surface area contributed by atoms with E-state index in [0.717, 1.165) is 12.8 Å². The summed E-state index contributed by atoms with van der Waals surface area (Å²) in [5.74, 6) is 0.556. The molecule has 2 fully saturated rings. The molecule has 2 N–H and O–H groups in total. The van der Waals surface area contributed by atoms with Crippen LogP contribution in [0.15, 0.2) is 16.9 Å². The van der Waals surface area contributed by atoms with Gasteiger partial charge in [0.1, 0.15) is 0 Å². The smallest absolute Gasteiger partial charge is 0.253 e. The summed E-state index contributed by atoms with van der Waals surface area (Å²) in [5.41, 5.74) is 7.78. The van der Waals surface area contributed by atoms with Crippen molar-refractivity contribution in [2.45, 2.75) is 56.9 Å². The molecule has 0 saturated heterocycles. The standard InChI is InChI=1S/C14H20N2O/c15-11-8-13(10-4-2-1-3-5-10)16(12-6-7-12)14(17)9-11/h8-10,12H,1-7,15H2. The van der Waals surface area contributed by atoms with Crippen molar-refractivity contribution in [2.24, 2.45) is 0 Å². The summed E-state index contributed by atoms with van der Waals surface area (Å²) < 4.78 is 2.02. The Balaban J connectivity index is 2.03. The Hall–Kier alpha value is -1.25. The van der Waals surface area contributed by atoms with Crippen LogP contribution in [0.25, 0.3) is 0 Å². The number of nitrogens with zero attached hydrogens (tertiary/aromatic N) is 1. The van der Waals surface area contributed by atoms with Crippen LogP contribution in [-0.2, 0) is 0 Å². The minimum absolute atomic E-state index is 0.105. The molecular weight excluding hydrogens is 212 g/mol. The molecule has 0 radical (unpaired) electrons. The summed E-state index contributed by atoms with van der Waals surface area (Å²) in [6, 6.07) is 4.07. The molecule has 92 valence electrons. The molecule has 1 aromatic rings. The van der Waals surface area contributed by atoms with Crippen LogP contribution in [-0.4, -0.2) is 4.57 Å². The van der Waals surface area contributed by atoms with Gasteiger partial charge in [-0.3, -0.25) is 4.79 Å². The second-order valence-electron chi connectivity index (χ2n) is 5.49. The van der Waals surface area contributed by atoms with Crippen molar-refractivity contribution in [3.8, 4) is 0 Å². The van der Waals surface area contributed by atoms with Gasteiger partial charge >= 0.3 is 0 Å². The fourth-order valence-electron chi connectivity index (χ4n) is 3.06. The lowest BCUT2D eigenvalue weighted by atomic mass is 9.86. The number of hydrogen-bond acceptors (Lipinski definition) is 2. The van der Waals surface area contributed by atoms with Gasteiger partial charge in [0, 0.05) is 23.5 Å². The molecule has 3 rings (SSSR count). The van der Waals surface area contributed by atoms with Crippen molar-refractivity contribution in [3.05, 3.63) is 28.2 Å². The van der Waals surface area contributed by atoms with Gasteiger partial charge in [-0.2, -0.15) is 0 Å². The van der Waals surface area contributed by atoms with Crippen LogP contribution >= 0.6 is 0 Å². The molecular formula is C14H20N2O. The van der Waals surface area contributed by atoms with Crippen molar-refractivity contribution in [1.82, 2.24) is 4.57 Å². The first-order chi connectivity index (χ1) is 8.25. The zero-order valence-electron chi connectivity index (χ0n) is 10.2. The van der Waals surface area contributed by atoms with Crippen molar-refractivity contribution >= 4 is 5.69 Å². The first-order valence-electron chi connectivity index (χ1n) is 6.77. The molecule has 0 atom stereocenters. The van der Waals surface area contributed by atoms with Gasteiger partial charge in [0.25, 0.3) is 5.56 Å². The molecule has 2 aliphatic rings. The fourth-order valence-corrected chi connectivity index (χ4v) is 3.06. The molecule has 2 saturated carbocycles. The summed E-state index contributed by atoms with van der Waals surface area (Å²) in [6.07, 6.45) is 8.67. The van der Waals surface area contributed by atoms with E-state index < -0.39 is 0 Å². The Morgan fingerprint density at radius 1 is 1.06 bits per heavy atom. The third-order valence-electron chi connectivity index (χ3n) is 4.06. The van der Waals surface area contributed by atoms with E-state index >= 15 is 0 Å². The third kappa shape index (κ3) is 2.11. The Labute approximate surface area is 102 Å². The van der Waals surface area contributed by atoms with E-state index in [1.165, 1.54) is 37.8 Å². The minimum atomic E-state index is 0.105. The van der Waals surface area contributed by atoms with Gasteiger partial charge in [0.05, 0.1) is 0 Å². The SMILES string of the molecule is Nc1cc(C2CCCCC2)n(C2CC2)c(=O)c1. The first-order valence-corrected chi connectivity index (χ1v) is 6.77. The normalized spacial score (nSPS) is 21.6. The van der Waals surface area contributed by atoms with Crippen molar-refractivity contribution in [2.75, 3.05) is 5.73 Å². The maximum absolute atomic E-state index is 12.1. The highest BCUT2D eigenvalue weighted by atomic mass is 16.1. The molecule has 0 spiro atoms. The highest BCUT2D eigenvalue weighted by molar-refractivity contribution is 5.39. The lowest BCUT2D eigenvalue weighted by Crippen LogP contribution is -2.25. The zero-order chi connectivity index (χ0) is 11.8. The highest BCUT2D eigenvalue weighted by Gasteiger charge is 2.29. The van der Waals surface area contributed by atoms with Crippen LogP contribution in [0.1, 0.15) is 62.6 Å². The van der Waals surface area contributed by atoms with Gasteiger partial charge in [-0.15, -0.1) is 0 Å². The van der Waals surface area contributed by atoms with Crippen molar-refractivity contribution < 1.29 is 0 Å². The van der Waals surface area contributed by atoms with Crippen LogP contribution in [0.5, 0.6) is 0 Å². The quantitative estimate of drug-likeness (QED) is 0.852. The maximum atomic E-state index is 12.1. The third-order valence-corrected chi connectivity index (χ3v) is 4.06. The van der Waals surface area contributed by atoms with E-state index in [9.17, 15) is 4.79 Å². The molecule has 17 heavy (non-hydrogen) atoms. The molecule has 3 nitrogen and oxygen atoms in total. The predicted molar refractivity (Wildman–Crippen MR) is 69.2 cm³/mol. The molecule has 3 heteroatoms. The van der Waals surface area contributed by atoms with Crippen LogP contribution in [0, 0.1) is 0 Å². The van der Waals surface area contributed by atoms with Gasteiger partial charge in [-0.25, -0.2) is 0 Å². The minimum Gasteiger partial charge on any atom is -0.399 e. The molecule has 0 bridgehead atoms. The topological polar surface area (TPSA) is 48.0 Å². The molecule has 0 aliphatic heterocycles. The summed E-state index contributed by atoms with van der Waals surface area (Å²) in [4.78, 5) is 12.1. The van der Waals surface area contributed by atoms with Crippen molar-refractivity contribution in [1.29, 1.82) is 0 Å². The number of nitrogens with two attached hydrogens (primary N) is 1. The summed E-state index contributed by atoms with van der Waals surface area (Å²) in [5, 5.41) is 0.